The number of halogens is 1. The largest absolute Gasteiger partial charge is 0.340 e. The van der Waals surface area contributed by atoms with Crippen LogP contribution >= 0.6 is 0 Å². The number of nitrogens with zero attached hydrogens (tertiary/aromatic N) is 1. The minimum atomic E-state index is -0.319. The molecule has 0 aliphatic carbocycles. The smallest absolute Gasteiger partial charge is 0.150 e. The van der Waals surface area contributed by atoms with E-state index in [2.05, 4.69) is 4.57 Å². The zero-order valence-corrected chi connectivity index (χ0v) is 12.5. The molecule has 0 spiro atoms. The van der Waals surface area contributed by atoms with Crippen molar-refractivity contribution in [1.29, 1.82) is 0 Å². The number of rotatable bonds is 4. The number of carbonyl (C=O) groups is 1. The molecule has 0 radical (unpaired) electrons. The molecule has 0 saturated heterocycles. The molecule has 2 aromatic carbocycles. The fourth-order valence-corrected chi connectivity index (χ4v) is 2.60. The molecule has 0 atom stereocenters. The van der Waals surface area contributed by atoms with E-state index in [4.69, 9.17) is 0 Å². The summed E-state index contributed by atoms with van der Waals surface area (Å²) >= 11 is 0. The lowest BCUT2D eigenvalue weighted by Gasteiger charge is -2.05. The molecule has 110 valence electrons. The molecular weight excluding hydrogens is 265 g/mol. The maximum Gasteiger partial charge on any atom is 0.150 e. The Morgan fingerprint density at radius 2 is 1.76 bits per heavy atom. The summed E-state index contributed by atoms with van der Waals surface area (Å²) < 4.78 is 14.6. The summed E-state index contributed by atoms with van der Waals surface area (Å²) in [5.41, 5.74) is 2.81. The van der Waals surface area contributed by atoms with Crippen LogP contribution in [0.1, 0.15) is 30.6 Å². The maximum atomic E-state index is 12.4. The third kappa shape index (κ3) is 2.82. The van der Waals surface area contributed by atoms with Crippen LogP contribution in [0.4, 0.5) is 4.39 Å². The Bertz CT molecular complexity index is 745. The molecule has 3 aromatic rings. The molecule has 0 aliphatic rings. The normalized spacial score (nSPS) is 10.4. The van der Waals surface area contributed by atoms with E-state index in [1.54, 1.807) is 6.07 Å². The second-order valence-electron chi connectivity index (χ2n) is 4.61. The molecule has 0 amide bonds. The number of alkyl halides is 1. The standard InChI is InChI=1S/C16H14FNO.C2H6/c17-8-3-9-18-15-5-2-1-4-13(15)14-10-12(11-19)6-7-16(14)18;1-2/h1-2,4-7,10-11H,3,8-9H2;1-2H3. The van der Waals surface area contributed by atoms with Gasteiger partial charge in [-0.1, -0.05) is 32.0 Å². The Kier molecular flexibility index (Phi) is 5.09. The van der Waals surface area contributed by atoms with E-state index in [1.807, 2.05) is 50.2 Å². The monoisotopic (exact) mass is 285 g/mol. The number of hydrogen-bond acceptors (Lipinski definition) is 1. The average molecular weight is 285 g/mol. The minimum absolute atomic E-state index is 0.319. The summed E-state index contributed by atoms with van der Waals surface area (Å²) in [5, 5.41) is 2.17. The van der Waals surface area contributed by atoms with Crippen molar-refractivity contribution in [3.8, 4) is 0 Å². The number of aromatic nitrogens is 1. The highest BCUT2D eigenvalue weighted by atomic mass is 19.1. The number of aldehydes is 1. The molecule has 3 heteroatoms. The van der Waals surface area contributed by atoms with E-state index < -0.39 is 0 Å². The van der Waals surface area contributed by atoms with Gasteiger partial charge in [-0.15, -0.1) is 0 Å². The molecule has 0 saturated carbocycles. The molecule has 0 fully saturated rings. The van der Waals surface area contributed by atoms with Crippen molar-refractivity contribution < 1.29 is 9.18 Å². The number of carbonyl (C=O) groups excluding carboxylic acids is 1. The number of fused-ring (bicyclic) bond motifs is 3. The molecule has 1 heterocycles. The molecule has 1 aromatic heterocycles. The van der Waals surface area contributed by atoms with Crippen molar-refractivity contribution in [3.05, 3.63) is 48.0 Å². The molecule has 3 rings (SSSR count). The summed E-state index contributed by atoms with van der Waals surface area (Å²) in [4.78, 5) is 10.9. The first-order valence-electron chi connectivity index (χ1n) is 7.37. The van der Waals surface area contributed by atoms with Gasteiger partial charge in [0.1, 0.15) is 6.29 Å². The van der Waals surface area contributed by atoms with Crippen LogP contribution in [-0.2, 0) is 6.54 Å². The highest BCUT2D eigenvalue weighted by Gasteiger charge is 2.10. The van der Waals surface area contributed by atoms with Gasteiger partial charge in [0, 0.05) is 33.9 Å². The summed E-state index contributed by atoms with van der Waals surface area (Å²) in [5.74, 6) is 0. The van der Waals surface area contributed by atoms with Gasteiger partial charge in [-0.3, -0.25) is 9.18 Å². The van der Waals surface area contributed by atoms with Crippen LogP contribution in [0.25, 0.3) is 21.8 Å². The van der Waals surface area contributed by atoms with Crippen LogP contribution in [0.2, 0.25) is 0 Å². The Labute approximate surface area is 124 Å². The Morgan fingerprint density at radius 1 is 1.05 bits per heavy atom. The van der Waals surface area contributed by atoms with Gasteiger partial charge >= 0.3 is 0 Å². The number of aryl methyl sites for hydroxylation is 1. The van der Waals surface area contributed by atoms with Crippen LogP contribution < -0.4 is 0 Å². The van der Waals surface area contributed by atoms with E-state index in [1.165, 1.54) is 0 Å². The highest BCUT2D eigenvalue weighted by molar-refractivity contribution is 6.09. The fraction of sp³-hybridized carbons (Fsp3) is 0.278. The van der Waals surface area contributed by atoms with Gasteiger partial charge in [0.15, 0.2) is 0 Å². The van der Waals surface area contributed by atoms with Crippen molar-refractivity contribution in [2.75, 3.05) is 6.67 Å². The minimum Gasteiger partial charge on any atom is -0.340 e. The third-order valence-electron chi connectivity index (χ3n) is 3.45. The summed E-state index contributed by atoms with van der Waals surface area (Å²) in [6.07, 6.45) is 1.36. The fourth-order valence-electron chi connectivity index (χ4n) is 2.60. The predicted molar refractivity (Wildman–Crippen MR) is 86.8 cm³/mol. The van der Waals surface area contributed by atoms with E-state index in [0.29, 0.717) is 18.5 Å². The zero-order valence-electron chi connectivity index (χ0n) is 12.5. The summed E-state index contributed by atoms with van der Waals surface area (Å²) in [7, 11) is 0. The van der Waals surface area contributed by atoms with Crippen LogP contribution in [0.3, 0.4) is 0 Å². The van der Waals surface area contributed by atoms with Crippen LogP contribution in [-0.4, -0.2) is 17.5 Å². The maximum absolute atomic E-state index is 12.4. The van der Waals surface area contributed by atoms with Crippen molar-refractivity contribution in [3.63, 3.8) is 0 Å². The van der Waals surface area contributed by atoms with Crippen LogP contribution in [0, 0.1) is 0 Å². The lowest BCUT2D eigenvalue weighted by Crippen LogP contribution is -1.98. The van der Waals surface area contributed by atoms with Gasteiger partial charge in [-0.05, 0) is 30.7 Å². The first kappa shape index (κ1) is 15.2. The van der Waals surface area contributed by atoms with E-state index in [0.717, 1.165) is 28.1 Å². The first-order valence-corrected chi connectivity index (χ1v) is 7.37. The number of hydrogen-bond donors (Lipinski definition) is 0. The van der Waals surface area contributed by atoms with Crippen LogP contribution in [0.15, 0.2) is 42.5 Å². The van der Waals surface area contributed by atoms with Crippen molar-refractivity contribution in [1.82, 2.24) is 4.57 Å². The first-order chi connectivity index (χ1) is 10.3. The van der Waals surface area contributed by atoms with Crippen LogP contribution in [0.5, 0.6) is 0 Å². The summed E-state index contributed by atoms with van der Waals surface area (Å²) in [6, 6.07) is 13.7. The second-order valence-corrected chi connectivity index (χ2v) is 4.61. The molecule has 21 heavy (non-hydrogen) atoms. The van der Waals surface area contributed by atoms with Gasteiger partial charge in [0.2, 0.25) is 0 Å². The Morgan fingerprint density at radius 3 is 2.48 bits per heavy atom. The van der Waals surface area contributed by atoms with E-state index in [9.17, 15) is 9.18 Å². The van der Waals surface area contributed by atoms with Crippen molar-refractivity contribution in [2.24, 2.45) is 0 Å². The Hall–Kier alpha value is -2.16. The van der Waals surface area contributed by atoms with Gasteiger partial charge < -0.3 is 4.57 Å². The molecular formula is C18H20FNO. The van der Waals surface area contributed by atoms with Gasteiger partial charge in [-0.25, -0.2) is 0 Å². The zero-order chi connectivity index (χ0) is 15.2. The number of benzene rings is 2. The highest BCUT2D eigenvalue weighted by Crippen LogP contribution is 2.29. The van der Waals surface area contributed by atoms with E-state index >= 15 is 0 Å². The quantitative estimate of drug-likeness (QED) is 0.619. The SMILES string of the molecule is CC.O=Cc1ccc2c(c1)c1ccccc1n2CCCF. The lowest BCUT2D eigenvalue weighted by atomic mass is 10.1. The second kappa shape index (κ2) is 7.02. The summed E-state index contributed by atoms with van der Waals surface area (Å²) in [6.45, 7) is 4.33. The van der Waals surface area contributed by atoms with E-state index in [-0.39, 0.29) is 6.67 Å². The lowest BCUT2D eigenvalue weighted by molar-refractivity contribution is 0.112. The predicted octanol–water partition coefficient (Wildman–Crippen LogP) is 4.99. The molecule has 0 N–H and O–H groups in total. The Balaban J connectivity index is 0.000000774. The third-order valence-corrected chi connectivity index (χ3v) is 3.45. The number of para-hydroxylation sites is 1. The molecule has 0 unspecified atom stereocenters. The molecule has 0 aliphatic heterocycles. The van der Waals surface area contributed by atoms with Gasteiger partial charge in [-0.2, -0.15) is 0 Å². The van der Waals surface area contributed by atoms with Gasteiger partial charge in [0.25, 0.3) is 0 Å². The molecule has 2 nitrogen and oxygen atoms in total. The average Bonchev–Trinajstić information content (AvgIpc) is 2.88. The van der Waals surface area contributed by atoms with Crippen molar-refractivity contribution >= 4 is 28.1 Å². The van der Waals surface area contributed by atoms with Crippen molar-refractivity contribution in [2.45, 2.75) is 26.8 Å². The topological polar surface area (TPSA) is 22.0 Å². The van der Waals surface area contributed by atoms with Gasteiger partial charge in [0.05, 0.1) is 6.67 Å². The molecule has 0 bridgehead atoms.